The van der Waals surface area contributed by atoms with Crippen LogP contribution in [0.25, 0.3) is 0 Å². The predicted molar refractivity (Wildman–Crippen MR) is 64.4 cm³/mol. The SMILES string of the molecule is O=C(O)C1CCN(C(=O)Oc2cccc(F)c2)CC1. The second-order valence-corrected chi connectivity index (χ2v) is 4.42. The number of piperidine rings is 1. The Morgan fingerprint density at radius 2 is 2.00 bits per heavy atom. The van der Waals surface area contributed by atoms with Crippen molar-refractivity contribution in [2.75, 3.05) is 13.1 Å². The summed E-state index contributed by atoms with van der Waals surface area (Å²) in [5.41, 5.74) is 0. The van der Waals surface area contributed by atoms with E-state index >= 15 is 0 Å². The van der Waals surface area contributed by atoms with Crippen molar-refractivity contribution in [3.05, 3.63) is 30.1 Å². The van der Waals surface area contributed by atoms with Crippen LogP contribution in [-0.2, 0) is 4.79 Å². The van der Waals surface area contributed by atoms with E-state index in [4.69, 9.17) is 9.84 Å². The average Bonchev–Trinajstić information content (AvgIpc) is 2.39. The summed E-state index contributed by atoms with van der Waals surface area (Å²) >= 11 is 0. The molecular formula is C13H14FNO4. The van der Waals surface area contributed by atoms with E-state index in [1.807, 2.05) is 0 Å². The van der Waals surface area contributed by atoms with Crippen molar-refractivity contribution < 1.29 is 23.8 Å². The van der Waals surface area contributed by atoms with Crippen molar-refractivity contribution in [3.8, 4) is 5.75 Å². The van der Waals surface area contributed by atoms with Gasteiger partial charge in [0.15, 0.2) is 0 Å². The molecule has 1 aromatic carbocycles. The predicted octanol–water partition coefficient (Wildman–Crippen LogP) is 2.12. The van der Waals surface area contributed by atoms with Crippen molar-refractivity contribution in [2.45, 2.75) is 12.8 Å². The summed E-state index contributed by atoms with van der Waals surface area (Å²) in [5, 5.41) is 8.85. The highest BCUT2D eigenvalue weighted by molar-refractivity contribution is 5.73. The summed E-state index contributed by atoms with van der Waals surface area (Å²) in [6, 6.07) is 5.33. The number of carbonyl (C=O) groups excluding carboxylic acids is 1. The van der Waals surface area contributed by atoms with Crippen molar-refractivity contribution in [1.82, 2.24) is 4.90 Å². The van der Waals surface area contributed by atoms with Crippen LogP contribution in [0.2, 0.25) is 0 Å². The molecule has 1 aliphatic rings. The van der Waals surface area contributed by atoms with Crippen molar-refractivity contribution >= 4 is 12.1 Å². The number of ether oxygens (including phenoxy) is 1. The first-order valence-electron chi connectivity index (χ1n) is 6.01. The highest BCUT2D eigenvalue weighted by atomic mass is 19.1. The normalized spacial score (nSPS) is 16.2. The maximum atomic E-state index is 12.9. The number of hydrogen-bond donors (Lipinski definition) is 1. The van der Waals surface area contributed by atoms with Crippen LogP contribution in [0.3, 0.4) is 0 Å². The number of amides is 1. The Hall–Kier alpha value is -2.11. The quantitative estimate of drug-likeness (QED) is 0.891. The Morgan fingerprint density at radius 1 is 1.32 bits per heavy atom. The van der Waals surface area contributed by atoms with E-state index in [1.54, 1.807) is 0 Å². The fourth-order valence-electron chi connectivity index (χ4n) is 2.00. The molecule has 0 unspecified atom stereocenters. The second kappa shape index (κ2) is 5.69. The number of carbonyl (C=O) groups is 2. The summed E-state index contributed by atoms with van der Waals surface area (Å²) in [5.74, 6) is -1.57. The van der Waals surface area contributed by atoms with Crippen LogP contribution in [0.4, 0.5) is 9.18 Å². The maximum absolute atomic E-state index is 12.9. The van der Waals surface area contributed by atoms with Gasteiger partial charge in [-0.2, -0.15) is 0 Å². The average molecular weight is 267 g/mol. The third kappa shape index (κ3) is 3.43. The summed E-state index contributed by atoms with van der Waals surface area (Å²) in [6.45, 7) is 0.677. The summed E-state index contributed by atoms with van der Waals surface area (Å²) in [4.78, 5) is 24.0. The molecule has 1 aliphatic heterocycles. The summed E-state index contributed by atoms with van der Waals surface area (Å²) in [6.07, 6.45) is 0.246. The molecule has 0 aromatic heterocycles. The molecule has 1 amide bonds. The maximum Gasteiger partial charge on any atom is 0.415 e. The lowest BCUT2D eigenvalue weighted by Crippen LogP contribution is -2.41. The zero-order valence-corrected chi connectivity index (χ0v) is 10.2. The molecule has 0 saturated carbocycles. The number of likely N-dealkylation sites (tertiary alicyclic amines) is 1. The monoisotopic (exact) mass is 267 g/mol. The number of hydrogen-bond acceptors (Lipinski definition) is 3. The largest absolute Gasteiger partial charge is 0.481 e. The second-order valence-electron chi connectivity index (χ2n) is 4.42. The fourth-order valence-corrected chi connectivity index (χ4v) is 2.00. The molecule has 1 heterocycles. The van der Waals surface area contributed by atoms with Crippen molar-refractivity contribution in [1.29, 1.82) is 0 Å². The van der Waals surface area contributed by atoms with Crippen LogP contribution >= 0.6 is 0 Å². The number of aliphatic carboxylic acids is 1. The molecule has 2 rings (SSSR count). The summed E-state index contributed by atoms with van der Waals surface area (Å²) < 4.78 is 18.0. The van der Waals surface area contributed by atoms with Gasteiger partial charge in [-0.25, -0.2) is 9.18 Å². The van der Waals surface area contributed by atoms with E-state index in [9.17, 15) is 14.0 Å². The van der Waals surface area contributed by atoms with Crippen molar-refractivity contribution in [3.63, 3.8) is 0 Å². The van der Waals surface area contributed by atoms with Gasteiger partial charge >= 0.3 is 12.1 Å². The van der Waals surface area contributed by atoms with Crippen LogP contribution in [0.15, 0.2) is 24.3 Å². The first-order chi connectivity index (χ1) is 9.06. The van der Waals surface area contributed by atoms with E-state index in [1.165, 1.54) is 23.1 Å². The zero-order chi connectivity index (χ0) is 13.8. The fraction of sp³-hybridized carbons (Fsp3) is 0.385. The van der Waals surface area contributed by atoms with Gasteiger partial charge in [-0.1, -0.05) is 6.07 Å². The molecule has 19 heavy (non-hydrogen) atoms. The molecule has 102 valence electrons. The summed E-state index contributed by atoms with van der Waals surface area (Å²) in [7, 11) is 0. The number of carboxylic acid groups (broad SMARTS) is 1. The molecule has 6 heteroatoms. The molecule has 0 bridgehead atoms. The van der Waals surface area contributed by atoms with Gasteiger partial charge in [0.2, 0.25) is 0 Å². The first kappa shape index (κ1) is 13.3. The van der Waals surface area contributed by atoms with E-state index in [0.29, 0.717) is 25.9 Å². The molecule has 1 aromatic rings. The standard InChI is InChI=1S/C13H14FNO4/c14-10-2-1-3-11(8-10)19-13(18)15-6-4-9(5-7-15)12(16)17/h1-3,8-9H,4-7H2,(H,16,17). The number of rotatable bonds is 2. The smallest absolute Gasteiger partial charge is 0.415 e. The Morgan fingerprint density at radius 3 is 2.58 bits per heavy atom. The van der Waals surface area contributed by atoms with E-state index in [2.05, 4.69) is 0 Å². The number of carboxylic acids is 1. The minimum absolute atomic E-state index is 0.144. The Bertz CT molecular complexity index is 483. The third-order valence-electron chi connectivity index (χ3n) is 3.10. The molecule has 0 spiro atoms. The molecule has 1 saturated heterocycles. The van der Waals surface area contributed by atoms with E-state index in [0.717, 1.165) is 6.07 Å². The van der Waals surface area contributed by atoms with E-state index < -0.39 is 23.8 Å². The molecule has 5 nitrogen and oxygen atoms in total. The Balaban J connectivity index is 1.90. The van der Waals surface area contributed by atoms with E-state index in [-0.39, 0.29) is 5.75 Å². The molecule has 1 fully saturated rings. The van der Waals surface area contributed by atoms with Gasteiger partial charge in [-0.15, -0.1) is 0 Å². The topological polar surface area (TPSA) is 66.8 Å². The molecule has 0 atom stereocenters. The molecule has 0 aliphatic carbocycles. The van der Waals surface area contributed by atoms with Crippen LogP contribution in [0.1, 0.15) is 12.8 Å². The van der Waals surface area contributed by atoms with Crippen molar-refractivity contribution in [2.24, 2.45) is 5.92 Å². The number of nitrogens with zero attached hydrogens (tertiary/aromatic N) is 1. The Kier molecular flexibility index (Phi) is 3.99. The van der Waals surface area contributed by atoms with Gasteiger partial charge in [-0.05, 0) is 25.0 Å². The van der Waals surface area contributed by atoms with Gasteiger partial charge in [0.05, 0.1) is 5.92 Å². The number of halogens is 1. The lowest BCUT2D eigenvalue weighted by molar-refractivity contribution is -0.143. The van der Waals surface area contributed by atoms with Crippen LogP contribution in [-0.4, -0.2) is 35.2 Å². The lowest BCUT2D eigenvalue weighted by atomic mass is 9.97. The Labute approximate surface area is 109 Å². The van der Waals surface area contributed by atoms with Gasteiger partial charge in [0, 0.05) is 19.2 Å². The first-order valence-corrected chi connectivity index (χ1v) is 6.01. The van der Waals surface area contributed by atoms with Crippen LogP contribution < -0.4 is 4.74 Å². The number of benzene rings is 1. The van der Waals surface area contributed by atoms with Gasteiger partial charge < -0.3 is 14.7 Å². The zero-order valence-electron chi connectivity index (χ0n) is 10.2. The molecular weight excluding hydrogens is 253 g/mol. The lowest BCUT2D eigenvalue weighted by Gasteiger charge is -2.29. The third-order valence-corrected chi connectivity index (χ3v) is 3.10. The van der Waals surface area contributed by atoms with Gasteiger partial charge in [0.25, 0.3) is 0 Å². The molecule has 1 N–H and O–H groups in total. The minimum Gasteiger partial charge on any atom is -0.481 e. The minimum atomic E-state index is -0.835. The van der Waals surface area contributed by atoms with Crippen LogP contribution in [0, 0.1) is 11.7 Å². The van der Waals surface area contributed by atoms with Gasteiger partial charge in [0.1, 0.15) is 11.6 Å². The molecule has 0 radical (unpaired) electrons. The highest BCUT2D eigenvalue weighted by Crippen LogP contribution is 2.19. The van der Waals surface area contributed by atoms with Gasteiger partial charge in [-0.3, -0.25) is 4.79 Å². The van der Waals surface area contributed by atoms with Crippen LogP contribution in [0.5, 0.6) is 5.75 Å². The highest BCUT2D eigenvalue weighted by Gasteiger charge is 2.27.